The molecule has 24 nitrogen and oxygen atoms in total. The van der Waals surface area contributed by atoms with Gasteiger partial charge in [0.05, 0.1) is 12.1 Å². The van der Waals surface area contributed by atoms with E-state index < -0.39 is 11.8 Å². The van der Waals surface area contributed by atoms with Crippen LogP contribution >= 0.6 is 23.2 Å². The number of piperidine rings is 3. The van der Waals surface area contributed by atoms with E-state index in [1.807, 2.05) is 19.6 Å². The zero-order valence-corrected chi connectivity index (χ0v) is 37.1. The second-order valence-electron chi connectivity index (χ2n) is 15.9. The lowest BCUT2D eigenvalue weighted by Crippen LogP contribution is -2.48. The number of halogens is 2. The van der Waals surface area contributed by atoms with Gasteiger partial charge in [-0.05, 0) is 51.4 Å². The van der Waals surface area contributed by atoms with E-state index in [2.05, 4.69) is 47.1 Å². The average Bonchev–Trinajstić information content (AvgIpc) is 3.56. The summed E-state index contributed by atoms with van der Waals surface area (Å²) < 4.78 is 0. The summed E-state index contributed by atoms with van der Waals surface area (Å²) in [4.78, 5) is 81.3. The van der Waals surface area contributed by atoms with Crippen LogP contribution in [0.2, 0.25) is 10.3 Å². The Morgan fingerprint density at radius 1 is 0.562 bits per heavy atom. The first kappa shape index (κ1) is 47.1. The van der Waals surface area contributed by atoms with Crippen LogP contribution in [0.1, 0.15) is 85.2 Å². The second kappa shape index (κ2) is 21.3. The highest BCUT2D eigenvalue weighted by molar-refractivity contribution is 6.32. The molecule has 3 amide bonds. The molecular weight excluding hydrogens is 869 g/mol. The first-order chi connectivity index (χ1) is 30.6. The number of aromatic nitrogens is 4. The molecule has 0 unspecified atom stereocenters. The SMILES string of the molecule is C=C(N=C(N=C(N)N1CCC(C(=O)N2CCCCCC2)CC1)N1CCC(N=C(N)NC(=O)c2nc(Cl)c(N)nc2N)CC1)N1CCC(N=C(N)NC(=O)c2nc(Cl)c(N)nc2N)CC1. The van der Waals surface area contributed by atoms with Gasteiger partial charge < -0.3 is 59.7 Å². The van der Waals surface area contributed by atoms with Gasteiger partial charge >= 0.3 is 0 Å². The zero-order valence-electron chi connectivity index (χ0n) is 35.6. The normalized spacial score (nSPS) is 19.3. The minimum Gasteiger partial charge on any atom is -0.382 e. The van der Waals surface area contributed by atoms with Gasteiger partial charge in [0, 0.05) is 58.3 Å². The third kappa shape index (κ3) is 12.2. The summed E-state index contributed by atoms with van der Waals surface area (Å²) in [5, 5.41) is 4.64. The second-order valence-corrected chi connectivity index (χ2v) is 16.7. The van der Waals surface area contributed by atoms with E-state index >= 15 is 0 Å². The molecule has 16 N–H and O–H groups in total. The van der Waals surface area contributed by atoms with Crippen molar-refractivity contribution in [2.24, 2.45) is 43.1 Å². The summed E-state index contributed by atoms with van der Waals surface area (Å²) in [5.74, 6) is -0.956. The number of rotatable bonds is 7. The van der Waals surface area contributed by atoms with Gasteiger partial charge in [0.25, 0.3) is 11.8 Å². The van der Waals surface area contributed by atoms with Crippen molar-refractivity contribution < 1.29 is 14.4 Å². The highest BCUT2D eigenvalue weighted by atomic mass is 35.5. The summed E-state index contributed by atoms with van der Waals surface area (Å²) in [6.07, 6.45) is 8.03. The Balaban J connectivity index is 1.10. The summed E-state index contributed by atoms with van der Waals surface area (Å²) in [7, 11) is 0. The first-order valence-electron chi connectivity index (χ1n) is 21.2. The van der Waals surface area contributed by atoms with E-state index in [9.17, 15) is 14.4 Å². The van der Waals surface area contributed by atoms with Gasteiger partial charge in [-0.15, -0.1) is 0 Å². The maximum Gasteiger partial charge on any atom is 0.280 e. The lowest BCUT2D eigenvalue weighted by Gasteiger charge is -2.36. The van der Waals surface area contributed by atoms with Crippen molar-refractivity contribution in [2.75, 3.05) is 75.3 Å². The summed E-state index contributed by atoms with van der Waals surface area (Å²) in [6, 6.07) is -0.451. The highest BCUT2D eigenvalue weighted by Crippen LogP contribution is 2.24. The Morgan fingerprint density at radius 2 is 1.00 bits per heavy atom. The van der Waals surface area contributed by atoms with E-state index in [4.69, 9.17) is 73.3 Å². The molecule has 0 radical (unpaired) electrons. The molecule has 4 aliphatic rings. The molecule has 0 spiro atoms. The number of guanidine groups is 4. The van der Waals surface area contributed by atoms with Crippen molar-refractivity contribution in [2.45, 2.75) is 76.3 Å². The molecule has 0 saturated carbocycles. The Kier molecular flexibility index (Phi) is 15.7. The van der Waals surface area contributed by atoms with Crippen LogP contribution in [0.3, 0.4) is 0 Å². The van der Waals surface area contributed by atoms with Crippen LogP contribution < -0.4 is 50.8 Å². The van der Waals surface area contributed by atoms with Crippen LogP contribution in [0.4, 0.5) is 23.3 Å². The van der Waals surface area contributed by atoms with E-state index in [0.717, 1.165) is 38.8 Å². The van der Waals surface area contributed by atoms with Crippen LogP contribution in [0, 0.1) is 5.92 Å². The Bertz CT molecular complexity index is 2190. The number of aliphatic imine (C=N–C) groups is 4. The standard InChI is InChI=1S/C38H57Cl2N21O3/c1-20(58-16-8-22(9-17-58)49-35(45)55-32(62)24-28(41)53-30(43)26(39)51-24)48-38(57-37(47)60-14-6-21(7-15-60)34(64)59-12-4-2-3-5-13-59)61-18-10-23(11-19-61)50-36(46)56-33(63)25-29(42)54-31(44)27(40)52-25/h21-23H,1-19H2,(H4,41,43,53)(H4,42,44,54)(H2,47,48,57)(H3,45,49,55,62)(H3,46,50,56,63). The number of hydrogen-bond donors (Lipinski definition) is 9. The molecule has 4 fully saturated rings. The van der Waals surface area contributed by atoms with Gasteiger partial charge in [-0.3, -0.25) is 25.0 Å². The quantitative estimate of drug-likeness (QED) is 0.129. The topological polar surface area (TPSA) is 371 Å². The van der Waals surface area contributed by atoms with E-state index in [0.29, 0.717) is 95.5 Å². The fourth-order valence-electron chi connectivity index (χ4n) is 7.90. The Hall–Kier alpha value is -6.43. The van der Waals surface area contributed by atoms with Crippen molar-refractivity contribution in [3.8, 4) is 0 Å². The van der Waals surface area contributed by atoms with Gasteiger partial charge in [0.1, 0.15) is 5.82 Å². The molecule has 6 heterocycles. The summed E-state index contributed by atoms with van der Waals surface area (Å²) >= 11 is 11.9. The number of carbonyl (C=O) groups is 3. The minimum atomic E-state index is -0.731. The molecule has 4 aliphatic heterocycles. The molecule has 0 bridgehead atoms. The van der Waals surface area contributed by atoms with Crippen LogP contribution in [0.5, 0.6) is 0 Å². The number of nitrogen functional groups attached to an aromatic ring is 4. The van der Waals surface area contributed by atoms with Gasteiger partial charge in [0.2, 0.25) is 11.9 Å². The van der Waals surface area contributed by atoms with Crippen molar-refractivity contribution in [3.63, 3.8) is 0 Å². The number of anilines is 4. The molecule has 26 heteroatoms. The maximum absolute atomic E-state index is 13.4. The number of amides is 3. The first-order valence-corrected chi connectivity index (χ1v) is 21.9. The third-order valence-electron chi connectivity index (χ3n) is 11.5. The number of nitrogens with zero attached hydrogens (tertiary/aromatic N) is 12. The van der Waals surface area contributed by atoms with Crippen molar-refractivity contribution in [1.82, 2.24) is 50.2 Å². The molecule has 2 aromatic heterocycles. The van der Waals surface area contributed by atoms with Gasteiger partial charge in [0.15, 0.2) is 62.8 Å². The van der Waals surface area contributed by atoms with Gasteiger partial charge in [-0.2, -0.15) is 9.98 Å². The molecule has 0 aromatic carbocycles. The number of nitrogens with one attached hydrogen (secondary N) is 2. The number of likely N-dealkylation sites (tertiary alicyclic amines) is 4. The fourth-order valence-corrected chi connectivity index (χ4v) is 8.16. The zero-order chi connectivity index (χ0) is 46.1. The monoisotopic (exact) mass is 925 g/mol. The van der Waals surface area contributed by atoms with E-state index in [1.54, 1.807) is 0 Å². The third-order valence-corrected chi connectivity index (χ3v) is 12.0. The number of nitrogens with two attached hydrogens (primary N) is 7. The van der Waals surface area contributed by atoms with Gasteiger partial charge in [-0.1, -0.05) is 42.6 Å². The van der Waals surface area contributed by atoms with Crippen molar-refractivity contribution in [1.29, 1.82) is 0 Å². The van der Waals surface area contributed by atoms with Crippen LogP contribution in [0.15, 0.2) is 32.4 Å². The molecular formula is C38H57Cl2N21O3. The summed E-state index contributed by atoms with van der Waals surface area (Å²) in [5.41, 5.74) is 41.3. The smallest absolute Gasteiger partial charge is 0.280 e. The van der Waals surface area contributed by atoms with Crippen LogP contribution in [-0.2, 0) is 4.79 Å². The van der Waals surface area contributed by atoms with E-state index in [1.165, 1.54) is 0 Å². The molecule has 64 heavy (non-hydrogen) atoms. The van der Waals surface area contributed by atoms with Crippen LogP contribution in [-0.4, -0.2) is 146 Å². The maximum atomic E-state index is 13.4. The van der Waals surface area contributed by atoms with Crippen LogP contribution in [0.25, 0.3) is 0 Å². The number of carbonyl (C=O) groups excluding carboxylic acids is 3. The lowest BCUT2D eigenvalue weighted by molar-refractivity contribution is -0.136. The largest absolute Gasteiger partial charge is 0.382 e. The minimum absolute atomic E-state index is 0.0451. The van der Waals surface area contributed by atoms with E-state index in [-0.39, 0.29) is 80.8 Å². The van der Waals surface area contributed by atoms with Crippen molar-refractivity contribution >= 4 is 88.0 Å². The molecule has 4 saturated heterocycles. The Morgan fingerprint density at radius 3 is 1.47 bits per heavy atom. The van der Waals surface area contributed by atoms with Crippen molar-refractivity contribution in [3.05, 3.63) is 34.1 Å². The highest BCUT2D eigenvalue weighted by Gasteiger charge is 2.31. The molecule has 0 atom stereocenters. The fraction of sp³-hybridized carbons (Fsp3) is 0.553. The lowest BCUT2D eigenvalue weighted by atomic mass is 9.95. The molecule has 2 aromatic rings. The molecule has 0 aliphatic carbocycles. The predicted octanol–water partition coefficient (Wildman–Crippen LogP) is -0.123. The van der Waals surface area contributed by atoms with Gasteiger partial charge in [-0.25, -0.2) is 29.9 Å². The average molecular weight is 927 g/mol. The Labute approximate surface area is 380 Å². The predicted molar refractivity (Wildman–Crippen MR) is 247 cm³/mol. The number of hydrogen-bond acceptors (Lipinski definition) is 15. The molecule has 346 valence electrons. The molecule has 6 rings (SSSR count). The summed E-state index contributed by atoms with van der Waals surface area (Å²) in [6.45, 7) is 9.15.